The minimum absolute atomic E-state index is 0.0281. The first-order valence-corrected chi connectivity index (χ1v) is 13.8. The second-order valence-electron chi connectivity index (χ2n) is 10.9. The summed E-state index contributed by atoms with van der Waals surface area (Å²) in [6, 6.07) is 51.7. The molecule has 0 saturated heterocycles. The molecule has 1 aromatic heterocycles. The number of hydrogen-bond acceptors (Lipinski definition) is 2. The molecular weight excluding hydrogens is 484 g/mol. The van der Waals surface area contributed by atoms with Crippen LogP contribution in [0.1, 0.15) is 25.0 Å². The van der Waals surface area contributed by atoms with Gasteiger partial charge in [0.05, 0.1) is 17.1 Å². The maximum absolute atomic E-state index is 5.12. The molecule has 0 atom stereocenters. The maximum atomic E-state index is 5.12. The summed E-state index contributed by atoms with van der Waals surface area (Å²) in [7, 11) is 0. The molecule has 2 heteroatoms. The van der Waals surface area contributed by atoms with Gasteiger partial charge >= 0.3 is 0 Å². The van der Waals surface area contributed by atoms with E-state index in [0.717, 1.165) is 39.6 Å². The molecule has 0 radical (unpaired) electrons. The van der Waals surface area contributed by atoms with Gasteiger partial charge in [-0.05, 0) is 58.7 Å². The van der Waals surface area contributed by atoms with Gasteiger partial charge in [-0.25, -0.2) is 4.98 Å². The highest BCUT2D eigenvalue weighted by atomic mass is 15.1. The monoisotopic (exact) mass is 514 g/mol. The highest BCUT2D eigenvalue weighted by molar-refractivity contribution is 5.88. The van der Waals surface area contributed by atoms with Gasteiger partial charge in [-0.1, -0.05) is 123 Å². The van der Waals surface area contributed by atoms with Crippen LogP contribution in [0.15, 0.2) is 146 Å². The van der Waals surface area contributed by atoms with E-state index in [9.17, 15) is 0 Å². The molecule has 5 aromatic carbocycles. The Morgan fingerprint density at radius 1 is 0.450 bits per heavy atom. The van der Waals surface area contributed by atoms with Gasteiger partial charge in [0, 0.05) is 27.9 Å². The Kier molecular flexibility index (Phi) is 5.82. The molecule has 1 heterocycles. The van der Waals surface area contributed by atoms with Crippen LogP contribution in [-0.4, -0.2) is 4.98 Å². The van der Waals surface area contributed by atoms with Gasteiger partial charge in [0.15, 0.2) is 0 Å². The van der Waals surface area contributed by atoms with Crippen molar-refractivity contribution in [1.29, 1.82) is 0 Å². The zero-order chi connectivity index (χ0) is 27.1. The topological polar surface area (TPSA) is 16.1 Å². The molecule has 1 aliphatic rings. The molecule has 6 aromatic rings. The van der Waals surface area contributed by atoms with Gasteiger partial charge < -0.3 is 4.90 Å². The first kappa shape index (κ1) is 24.1. The van der Waals surface area contributed by atoms with Crippen LogP contribution in [0.5, 0.6) is 0 Å². The Hall–Kier alpha value is -4.95. The van der Waals surface area contributed by atoms with Crippen LogP contribution < -0.4 is 4.90 Å². The molecule has 0 aliphatic heterocycles. The van der Waals surface area contributed by atoms with E-state index in [0.29, 0.717) is 0 Å². The Morgan fingerprint density at radius 3 is 1.60 bits per heavy atom. The lowest BCUT2D eigenvalue weighted by Crippen LogP contribution is -2.15. The normalized spacial score (nSPS) is 12.9. The maximum Gasteiger partial charge on any atom is 0.0730 e. The van der Waals surface area contributed by atoms with Crippen LogP contribution in [0.25, 0.3) is 33.6 Å². The summed E-state index contributed by atoms with van der Waals surface area (Å²) in [6.45, 7) is 4.65. The van der Waals surface area contributed by atoms with Crippen molar-refractivity contribution in [3.8, 4) is 33.6 Å². The fraction of sp³-hybridized carbons (Fsp3) is 0.0789. The number of rotatable bonds is 5. The first-order valence-electron chi connectivity index (χ1n) is 13.8. The molecule has 0 N–H and O–H groups in total. The third-order valence-corrected chi connectivity index (χ3v) is 8.05. The number of aromatic nitrogens is 1. The molecule has 0 bridgehead atoms. The van der Waals surface area contributed by atoms with Crippen LogP contribution in [-0.2, 0) is 5.41 Å². The summed E-state index contributed by atoms with van der Waals surface area (Å²) in [4.78, 5) is 7.48. The molecule has 2 nitrogen and oxygen atoms in total. The van der Waals surface area contributed by atoms with Crippen LogP contribution in [0, 0.1) is 0 Å². The number of anilines is 3. The number of nitrogens with zero attached hydrogens (tertiary/aromatic N) is 2. The van der Waals surface area contributed by atoms with E-state index in [4.69, 9.17) is 4.98 Å². The zero-order valence-corrected chi connectivity index (χ0v) is 22.8. The number of pyridine rings is 1. The molecule has 0 fully saturated rings. The minimum atomic E-state index is -0.0281. The summed E-state index contributed by atoms with van der Waals surface area (Å²) < 4.78 is 0. The largest absolute Gasteiger partial charge is 0.310 e. The van der Waals surface area contributed by atoms with Gasteiger partial charge in [0.1, 0.15) is 0 Å². The van der Waals surface area contributed by atoms with E-state index < -0.39 is 0 Å². The fourth-order valence-corrected chi connectivity index (χ4v) is 6.03. The molecule has 0 spiro atoms. The van der Waals surface area contributed by atoms with Gasteiger partial charge in [-0.15, -0.1) is 0 Å². The average Bonchev–Trinajstić information content (AvgIpc) is 3.25. The fourth-order valence-electron chi connectivity index (χ4n) is 6.03. The molecule has 0 amide bonds. The van der Waals surface area contributed by atoms with E-state index in [1.54, 1.807) is 0 Å². The van der Waals surface area contributed by atoms with Crippen molar-refractivity contribution in [2.75, 3.05) is 4.90 Å². The van der Waals surface area contributed by atoms with E-state index >= 15 is 0 Å². The third kappa shape index (κ3) is 4.10. The molecular formula is C38H30N2. The van der Waals surface area contributed by atoms with Crippen molar-refractivity contribution in [3.63, 3.8) is 0 Å². The Balaban J connectivity index is 1.46. The van der Waals surface area contributed by atoms with Crippen LogP contribution in [0.2, 0.25) is 0 Å². The highest BCUT2D eigenvalue weighted by Gasteiger charge is 2.35. The number of hydrogen-bond donors (Lipinski definition) is 0. The summed E-state index contributed by atoms with van der Waals surface area (Å²) in [6.07, 6.45) is 0. The predicted molar refractivity (Wildman–Crippen MR) is 167 cm³/mol. The lowest BCUT2D eigenvalue weighted by molar-refractivity contribution is 0.660. The van der Waals surface area contributed by atoms with E-state index in [-0.39, 0.29) is 5.41 Å². The average molecular weight is 515 g/mol. The minimum Gasteiger partial charge on any atom is -0.310 e. The summed E-state index contributed by atoms with van der Waals surface area (Å²) in [5, 5.41) is 0. The van der Waals surface area contributed by atoms with Crippen LogP contribution >= 0.6 is 0 Å². The van der Waals surface area contributed by atoms with Crippen molar-refractivity contribution < 1.29 is 0 Å². The Labute approximate surface area is 236 Å². The lowest BCUT2D eigenvalue weighted by atomic mass is 9.82. The van der Waals surface area contributed by atoms with Gasteiger partial charge in [-0.3, -0.25) is 0 Å². The van der Waals surface area contributed by atoms with E-state index in [2.05, 4.69) is 152 Å². The molecule has 7 rings (SSSR count). The Morgan fingerprint density at radius 2 is 0.975 bits per heavy atom. The summed E-state index contributed by atoms with van der Waals surface area (Å²) in [5.41, 5.74) is 12.8. The zero-order valence-electron chi connectivity index (χ0n) is 22.8. The van der Waals surface area contributed by atoms with Gasteiger partial charge in [-0.2, -0.15) is 0 Å². The van der Waals surface area contributed by atoms with Gasteiger partial charge in [0.2, 0.25) is 0 Å². The molecule has 40 heavy (non-hydrogen) atoms. The van der Waals surface area contributed by atoms with E-state index in [1.807, 2.05) is 12.1 Å². The second kappa shape index (κ2) is 9.66. The summed E-state index contributed by atoms with van der Waals surface area (Å²) in [5.74, 6) is 0. The van der Waals surface area contributed by atoms with Crippen molar-refractivity contribution in [2.24, 2.45) is 0 Å². The summed E-state index contributed by atoms with van der Waals surface area (Å²) >= 11 is 0. The quantitative estimate of drug-likeness (QED) is 0.227. The molecule has 1 aliphatic carbocycles. The molecule has 0 saturated carbocycles. The SMILES string of the molecule is CC1(C)c2ccccc2-c2cc(N(c3ccccc3)c3cc(-c4ccccc4)nc(-c4ccccc4)c3)ccc21. The van der Waals surface area contributed by atoms with Gasteiger partial charge in [0.25, 0.3) is 0 Å². The van der Waals surface area contributed by atoms with Crippen molar-refractivity contribution >= 4 is 17.1 Å². The molecule has 192 valence electrons. The van der Waals surface area contributed by atoms with Crippen molar-refractivity contribution in [3.05, 3.63) is 157 Å². The molecule has 0 unspecified atom stereocenters. The van der Waals surface area contributed by atoms with Crippen molar-refractivity contribution in [1.82, 2.24) is 4.98 Å². The Bertz CT molecular complexity index is 1750. The smallest absolute Gasteiger partial charge is 0.0730 e. The number of fused-ring (bicyclic) bond motifs is 3. The van der Waals surface area contributed by atoms with Crippen molar-refractivity contribution in [2.45, 2.75) is 19.3 Å². The number of para-hydroxylation sites is 1. The highest BCUT2D eigenvalue weighted by Crippen LogP contribution is 2.50. The van der Waals surface area contributed by atoms with E-state index in [1.165, 1.54) is 22.3 Å². The second-order valence-corrected chi connectivity index (χ2v) is 10.9. The predicted octanol–water partition coefficient (Wildman–Crippen LogP) is 10.2. The standard InChI is InChI=1S/C38H30N2/c1-38(2)34-21-13-12-20-32(34)33-24-30(22-23-35(33)38)40(29-18-10-5-11-19-29)31-25-36(27-14-6-3-7-15-27)39-37(26-31)28-16-8-4-9-17-28/h3-26H,1-2H3. The third-order valence-electron chi connectivity index (χ3n) is 8.05. The lowest BCUT2D eigenvalue weighted by Gasteiger charge is -2.28. The first-order chi connectivity index (χ1) is 19.6. The van der Waals surface area contributed by atoms with Crippen LogP contribution in [0.3, 0.4) is 0 Å². The number of benzene rings is 5. The van der Waals surface area contributed by atoms with Crippen LogP contribution in [0.4, 0.5) is 17.1 Å².